The van der Waals surface area contributed by atoms with Crippen molar-refractivity contribution >= 4 is 0 Å². The van der Waals surface area contributed by atoms with Gasteiger partial charge in [0.25, 0.3) is 0 Å². The fourth-order valence-corrected chi connectivity index (χ4v) is 4.19. The third-order valence-corrected chi connectivity index (χ3v) is 5.63. The van der Waals surface area contributed by atoms with Gasteiger partial charge in [0, 0.05) is 12.6 Å². The fraction of sp³-hybridized carbons (Fsp3) is 1.00. The lowest BCUT2D eigenvalue weighted by atomic mass is 9.95. The minimum absolute atomic E-state index is 0.875. The molecular formula is C16H31N3. The second-order valence-electron chi connectivity index (χ2n) is 7.02. The van der Waals surface area contributed by atoms with Crippen LogP contribution in [0.15, 0.2) is 0 Å². The number of likely N-dealkylation sites (tertiary alicyclic amines) is 2. The van der Waals surface area contributed by atoms with E-state index in [0.29, 0.717) is 0 Å². The average molecular weight is 265 g/mol. The van der Waals surface area contributed by atoms with Crippen molar-refractivity contribution < 1.29 is 0 Å². The van der Waals surface area contributed by atoms with Gasteiger partial charge in [0.15, 0.2) is 0 Å². The molecule has 3 heteroatoms. The zero-order valence-electron chi connectivity index (χ0n) is 12.6. The Kier molecular flexibility index (Phi) is 4.78. The van der Waals surface area contributed by atoms with E-state index in [2.05, 4.69) is 22.0 Å². The minimum Gasteiger partial charge on any atom is -0.316 e. The molecule has 3 nitrogen and oxygen atoms in total. The summed E-state index contributed by atoms with van der Waals surface area (Å²) in [6.45, 7) is 11.6. The van der Waals surface area contributed by atoms with E-state index in [-0.39, 0.29) is 0 Å². The minimum atomic E-state index is 0.875. The molecule has 0 saturated carbocycles. The Morgan fingerprint density at radius 2 is 1.68 bits per heavy atom. The molecule has 0 aliphatic carbocycles. The summed E-state index contributed by atoms with van der Waals surface area (Å²) in [6.07, 6.45) is 7.15. The van der Waals surface area contributed by atoms with Gasteiger partial charge >= 0.3 is 0 Å². The highest BCUT2D eigenvalue weighted by Crippen LogP contribution is 2.23. The van der Waals surface area contributed by atoms with Crippen molar-refractivity contribution in [2.24, 2.45) is 11.8 Å². The molecular weight excluding hydrogens is 234 g/mol. The standard InChI is InChI=1S/C16H31N3/c1-14-11-17-12-15(14)13-18-9-5-16(6-10-18)19-7-3-2-4-8-19/h14-17H,2-13H2,1H3/t14-,15+/m1/s1. The van der Waals surface area contributed by atoms with Crippen LogP contribution in [0.25, 0.3) is 0 Å². The normalized spacial score (nSPS) is 35.8. The zero-order valence-corrected chi connectivity index (χ0v) is 12.6. The molecule has 3 aliphatic rings. The third-order valence-electron chi connectivity index (χ3n) is 5.63. The largest absolute Gasteiger partial charge is 0.316 e. The number of hydrogen-bond acceptors (Lipinski definition) is 3. The molecule has 3 aliphatic heterocycles. The number of nitrogens with zero attached hydrogens (tertiary/aromatic N) is 2. The van der Waals surface area contributed by atoms with Crippen LogP contribution in [0.5, 0.6) is 0 Å². The summed E-state index contributed by atoms with van der Waals surface area (Å²) in [5.41, 5.74) is 0. The smallest absolute Gasteiger partial charge is 0.0120 e. The Bertz CT molecular complexity index is 267. The maximum atomic E-state index is 3.54. The van der Waals surface area contributed by atoms with Crippen molar-refractivity contribution in [2.75, 3.05) is 45.8 Å². The van der Waals surface area contributed by atoms with Crippen LogP contribution in [0.1, 0.15) is 39.0 Å². The van der Waals surface area contributed by atoms with Crippen LogP contribution < -0.4 is 5.32 Å². The maximum Gasteiger partial charge on any atom is 0.0120 e. The van der Waals surface area contributed by atoms with Crippen LogP contribution in [-0.2, 0) is 0 Å². The fourth-order valence-electron chi connectivity index (χ4n) is 4.19. The number of rotatable bonds is 3. The summed E-state index contributed by atoms with van der Waals surface area (Å²) in [6, 6.07) is 0.899. The van der Waals surface area contributed by atoms with Crippen LogP contribution >= 0.6 is 0 Å². The van der Waals surface area contributed by atoms with E-state index >= 15 is 0 Å². The molecule has 3 heterocycles. The molecule has 110 valence electrons. The van der Waals surface area contributed by atoms with E-state index in [9.17, 15) is 0 Å². The van der Waals surface area contributed by atoms with Gasteiger partial charge in [-0.15, -0.1) is 0 Å². The van der Waals surface area contributed by atoms with Gasteiger partial charge in [-0.1, -0.05) is 13.3 Å². The van der Waals surface area contributed by atoms with Gasteiger partial charge in [0.1, 0.15) is 0 Å². The highest BCUT2D eigenvalue weighted by Gasteiger charge is 2.29. The predicted molar refractivity (Wildman–Crippen MR) is 80.4 cm³/mol. The molecule has 0 aromatic heterocycles. The summed E-state index contributed by atoms with van der Waals surface area (Å²) in [5, 5.41) is 3.54. The highest BCUT2D eigenvalue weighted by atomic mass is 15.2. The summed E-state index contributed by atoms with van der Waals surface area (Å²) in [5.74, 6) is 1.77. The van der Waals surface area contributed by atoms with Crippen LogP contribution in [0.4, 0.5) is 0 Å². The summed E-state index contributed by atoms with van der Waals surface area (Å²) in [4.78, 5) is 5.51. The van der Waals surface area contributed by atoms with Crippen molar-refractivity contribution in [2.45, 2.75) is 45.1 Å². The lowest BCUT2D eigenvalue weighted by molar-refractivity contribution is 0.0838. The van der Waals surface area contributed by atoms with Crippen molar-refractivity contribution in [3.8, 4) is 0 Å². The van der Waals surface area contributed by atoms with Crippen molar-refractivity contribution in [1.82, 2.24) is 15.1 Å². The first kappa shape index (κ1) is 13.8. The van der Waals surface area contributed by atoms with Gasteiger partial charge in [0.2, 0.25) is 0 Å². The Balaban J connectivity index is 1.41. The third kappa shape index (κ3) is 3.50. The molecule has 19 heavy (non-hydrogen) atoms. The lowest BCUT2D eigenvalue weighted by Crippen LogP contribution is -2.47. The van der Waals surface area contributed by atoms with Crippen LogP contribution in [0.2, 0.25) is 0 Å². The average Bonchev–Trinajstić information content (AvgIpc) is 2.86. The van der Waals surface area contributed by atoms with Crippen LogP contribution in [0, 0.1) is 11.8 Å². The summed E-state index contributed by atoms with van der Waals surface area (Å²) >= 11 is 0. The van der Waals surface area contributed by atoms with Crippen molar-refractivity contribution in [3.63, 3.8) is 0 Å². The molecule has 0 aromatic carbocycles. The van der Waals surface area contributed by atoms with E-state index in [1.54, 1.807) is 0 Å². The topological polar surface area (TPSA) is 18.5 Å². The first-order valence-corrected chi connectivity index (χ1v) is 8.50. The molecule has 3 fully saturated rings. The van der Waals surface area contributed by atoms with E-state index < -0.39 is 0 Å². The Labute approximate surface area is 118 Å². The number of nitrogens with one attached hydrogen (secondary N) is 1. The SMILES string of the molecule is C[C@@H]1CNC[C@H]1CN1CCC(N2CCCCC2)CC1. The van der Waals surface area contributed by atoms with Crippen molar-refractivity contribution in [3.05, 3.63) is 0 Å². The zero-order chi connectivity index (χ0) is 13.1. The van der Waals surface area contributed by atoms with Gasteiger partial charge in [0.05, 0.1) is 0 Å². The Morgan fingerprint density at radius 1 is 0.947 bits per heavy atom. The van der Waals surface area contributed by atoms with E-state index in [1.807, 2.05) is 0 Å². The Morgan fingerprint density at radius 3 is 2.32 bits per heavy atom. The van der Waals surface area contributed by atoms with Gasteiger partial charge in [-0.05, 0) is 76.8 Å². The monoisotopic (exact) mass is 265 g/mol. The van der Waals surface area contributed by atoms with E-state index in [1.165, 1.54) is 77.9 Å². The molecule has 2 atom stereocenters. The summed E-state index contributed by atoms with van der Waals surface area (Å²) < 4.78 is 0. The van der Waals surface area contributed by atoms with Crippen LogP contribution in [0.3, 0.4) is 0 Å². The van der Waals surface area contributed by atoms with Gasteiger partial charge in [-0.25, -0.2) is 0 Å². The molecule has 0 amide bonds. The van der Waals surface area contributed by atoms with Gasteiger partial charge in [-0.2, -0.15) is 0 Å². The molecule has 3 rings (SSSR count). The second kappa shape index (κ2) is 6.55. The second-order valence-corrected chi connectivity index (χ2v) is 7.02. The Hall–Kier alpha value is -0.120. The maximum absolute atomic E-state index is 3.54. The lowest BCUT2D eigenvalue weighted by Gasteiger charge is -2.41. The molecule has 0 aromatic rings. The molecule has 0 unspecified atom stereocenters. The predicted octanol–water partition coefficient (Wildman–Crippen LogP) is 1.79. The first-order chi connectivity index (χ1) is 9.33. The van der Waals surface area contributed by atoms with Gasteiger partial charge in [-0.3, -0.25) is 0 Å². The highest BCUT2D eigenvalue weighted by molar-refractivity contribution is 4.85. The number of hydrogen-bond donors (Lipinski definition) is 1. The molecule has 3 saturated heterocycles. The molecule has 1 N–H and O–H groups in total. The molecule has 0 bridgehead atoms. The summed E-state index contributed by atoms with van der Waals surface area (Å²) in [7, 11) is 0. The number of piperidine rings is 2. The molecule has 0 spiro atoms. The van der Waals surface area contributed by atoms with Crippen LogP contribution in [-0.4, -0.2) is 61.7 Å². The van der Waals surface area contributed by atoms with Gasteiger partial charge < -0.3 is 15.1 Å². The quantitative estimate of drug-likeness (QED) is 0.839. The van der Waals surface area contributed by atoms with E-state index in [0.717, 1.165) is 17.9 Å². The van der Waals surface area contributed by atoms with Crippen molar-refractivity contribution in [1.29, 1.82) is 0 Å². The molecule has 0 radical (unpaired) electrons. The van der Waals surface area contributed by atoms with E-state index in [4.69, 9.17) is 0 Å². The first-order valence-electron chi connectivity index (χ1n) is 8.50.